The van der Waals surface area contributed by atoms with Crippen LogP contribution in [0.15, 0.2) is 52.0 Å². The van der Waals surface area contributed by atoms with E-state index in [-0.39, 0.29) is 35.7 Å². The molecule has 4 N–H and O–H groups in total. The monoisotopic (exact) mass is 422 g/mol. The molecule has 3 heterocycles. The second-order valence-electron chi connectivity index (χ2n) is 7.51. The van der Waals surface area contributed by atoms with E-state index in [2.05, 4.69) is 20.6 Å². The van der Waals surface area contributed by atoms with Crippen LogP contribution in [0.3, 0.4) is 0 Å². The van der Waals surface area contributed by atoms with Gasteiger partial charge in [-0.3, -0.25) is 14.5 Å². The number of amides is 2. The van der Waals surface area contributed by atoms with Crippen molar-refractivity contribution in [3.8, 4) is 6.07 Å². The lowest BCUT2D eigenvalue weighted by molar-refractivity contribution is -0.128. The smallest absolute Gasteiger partial charge is 0.275 e. The first kappa shape index (κ1) is 20.1. The highest BCUT2D eigenvalue weighted by molar-refractivity contribution is 6.05. The third-order valence-corrected chi connectivity index (χ3v) is 5.26. The van der Waals surface area contributed by atoms with Crippen molar-refractivity contribution in [1.29, 1.82) is 5.26 Å². The zero-order chi connectivity index (χ0) is 22.3. The summed E-state index contributed by atoms with van der Waals surface area (Å²) in [4.78, 5) is 36.2. The number of nitrogens with zero attached hydrogens (tertiary/aromatic N) is 5. The zero-order valence-corrected chi connectivity index (χ0v) is 16.8. The van der Waals surface area contributed by atoms with Gasteiger partial charge in [-0.25, -0.2) is 14.4 Å². The zero-order valence-electron chi connectivity index (χ0n) is 16.8. The van der Waals surface area contributed by atoms with E-state index in [1.54, 1.807) is 18.0 Å². The first-order valence-corrected chi connectivity index (χ1v) is 9.35. The molecular formula is C20H19FN8O2. The number of guanidine groups is 1. The predicted molar refractivity (Wildman–Crippen MR) is 110 cm³/mol. The molecule has 31 heavy (non-hydrogen) atoms. The van der Waals surface area contributed by atoms with Crippen LogP contribution in [-0.2, 0) is 15.1 Å². The van der Waals surface area contributed by atoms with Crippen molar-refractivity contribution in [1.82, 2.24) is 15.1 Å². The van der Waals surface area contributed by atoms with Crippen LogP contribution < -0.4 is 16.4 Å². The highest BCUT2D eigenvalue weighted by Gasteiger charge is 2.38. The average Bonchev–Trinajstić information content (AvgIpc) is 3.15. The quantitative estimate of drug-likeness (QED) is 0.655. The van der Waals surface area contributed by atoms with E-state index in [1.807, 2.05) is 6.07 Å². The number of allylic oxidation sites excluding steroid dienone is 1. The van der Waals surface area contributed by atoms with Gasteiger partial charge in [0.15, 0.2) is 5.96 Å². The first-order chi connectivity index (χ1) is 14.7. The topological polar surface area (TPSA) is 139 Å². The Hall–Kier alpha value is -4.20. The van der Waals surface area contributed by atoms with Gasteiger partial charge in [-0.2, -0.15) is 5.26 Å². The molecule has 2 atom stereocenters. The van der Waals surface area contributed by atoms with Crippen molar-refractivity contribution in [2.24, 2.45) is 15.7 Å². The largest absolute Gasteiger partial charge is 0.369 e. The van der Waals surface area contributed by atoms with Gasteiger partial charge in [-0.05, 0) is 25.1 Å². The fourth-order valence-electron chi connectivity index (χ4n) is 3.51. The standard InChI is InChI=1S/C20H19FN8O2/c1-20(6-17(30)28(2)19(23)27-20)13-5-11(3-4-14(13)21)26-18(31)15-10-29-9-12(7-22)25-16(29)8-24-15/h3-5,8-10,16,25H,6H2,1-2H3,(H2,23,27)(H,26,31). The number of anilines is 1. The molecule has 0 aromatic heterocycles. The summed E-state index contributed by atoms with van der Waals surface area (Å²) >= 11 is 0. The maximum atomic E-state index is 14.6. The molecule has 0 bridgehead atoms. The van der Waals surface area contributed by atoms with Gasteiger partial charge in [0, 0.05) is 36.9 Å². The van der Waals surface area contributed by atoms with Crippen molar-refractivity contribution < 1.29 is 14.0 Å². The lowest BCUT2D eigenvalue weighted by Gasteiger charge is -2.34. The number of carbonyl (C=O) groups excluding carboxylic acids is 2. The van der Waals surface area contributed by atoms with Gasteiger partial charge in [-0.15, -0.1) is 0 Å². The van der Waals surface area contributed by atoms with Gasteiger partial charge in [-0.1, -0.05) is 0 Å². The molecule has 0 spiro atoms. The molecule has 3 aliphatic rings. The van der Waals surface area contributed by atoms with E-state index in [0.717, 1.165) is 0 Å². The van der Waals surface area contributed by atoms with Crippen LogP contribution in [-0.4, -0.2) is 47.0 Å². The number of nitrogens with two attached hydrogens (primary N) is 1. The number of hydrogen-bond donors (Lipinski definition) is 3. The number of halogens is 1. The number of hydrogen-bond acceptors (Lipinski definition) is 8. The van der Waals surface area contributed by atoms with Gasteiger partial charge in [0.1, 0.15) is 29.4 Å². The van der Waals surface area contributed by atoms with Crippen LogP contribution in [0.1, 0.15) is 18.9 Å². The van der Waals surface area contributed by atoms with Crippen LogP contribution in [0.4, 0.5) is 10.1 Å². The van der Waals surface area contributed by atoms with Crippen molar-refractivity contribution >= 4 is 29.7 Å². The summed E-state index contributed by atoms with van der Waals surface area (Å²) in [5.41, 5.74) is 5.54. The number of fused-ring (bicyclic) bond motifs is 1. The number of rotatable bonds is 3. The van der Waals surface area contributed by atoms with Gasteiger partial charge in [0.05, 0.1) is 12.0 Å². The lowest BCUT2D eigenvalue weighted by atomic mass is 9.87. The van der Waals surface area contributed by atoms with Crippen LogP contribution in [0.5, 0.6) is 0 Å². The fraction of sp³-hybridized carbons (Fsp3) is 0.250. The van der Waals surface area contributed by atoms with Crippen molar-refractivity contribution in [2.75, 3.05) is 12.4 Å². The molecule has 4 rings (SSSR count). The molecule has 2 unspecified atom stereocenters. The summed E-state index contributed by atoms with van der Waals surface area (Å²) in [5.74, 6) is -1.37. The van der Waals surface area contributed by atoms with E-state index in [0.29, 0.717) is 11.4 Å². The van der Waals surface area contributed by atoms with E-state index >= 15 is 0 Å². The Morgan fingerprint density at radius 3 is 2.94 bits per heavy atom. The Kier molecular flexibility index (Phi) is 4.69. The lowest BCUT2D eigenvalue weighted by Crippen LogP contribution is -2.47. The van der Waals surface area contributed by atoms with Crippen molar-refractivity contribution in [2.45, 2.75) is 25.0 Å². The third kappa shape index (κ3) is 3.59. The highest BCUT2D eigenvalue weighted by atomic mass is 19.1. The maximum absolute atomic E-state index is 14.6. The van der Waals surface area contributed by atoms with Crippen LogP contribution in [0.2, 0.25) is 0 Å². The molecule has 1 aromatic rings. The molecule has 0 aliphatic carbocycles. The minimum atomic E-state index is -1.20. The Bertz CT molecular complexity index is 1150. The number of aliphatic imine (C=N–C) groups is 2. The summed E-state index contributed by atoms with van der Waals surface area (Å²) in [6.45, 7) is 1.61. The van der Waals surface area contributed by atoms with Gasteiger partial charge >= 0.3 is 0 Å². The third-order valence-electron chi connectivity index (χ3n) is 5.26. The van der Waals surface area contributed by atoms with E-state index < -0.39 is 17.3 Å². The highest BCUT2D eigenvalue weighted by Crippen LogP contribution is 2.36. The van der Waals surface area contributed by atoms with Gasteiger partial charge in [0.25, 0.3) is 5.91 Å². The Labute approximate surface area is 177 Å². The van der Waals surface area contributed by atoms with Crippen molar-refractivity contribution in [3.63, 3.8) is 0 Å². The van der Waals surface area contributed by atoms with E-state index in [4.69, 9.17) is 11.0 Å². The summed E-state index contributed by atoms with van der Waals surface area (Å²) in [6.07, 6.45) is 4.19. The number of benzene rings is 1. The molecule has 2 amide bonds. The first-order valence-electron chi connectivity index (χ1n) is 9.35. The molecular weight excluding hydrogens is 403 g/mol. The summed E-state index contributed by atoms with van der Waals surface area (Å²) in [5, 5.41) is 14.6. The Morgan fingerprint density at radius 1 is 1.45 bits per heavy atom. The molecule has 1 aromatic carbocycles. The normalized spacial score (nSPS) is 24.5. The van der Waals surface area contributed by atoms with Crippen LogP contribution in [0, 0.1) is 17.1 Å². The molecule has 11 heteroatoms. The molecule has 0 radical (unpaired) electrons. The molecule has 0 saturated heterocycles. The summed E-state index contributed by atoms with van der Waals surface area (Å²) in [7, 11) is 1.50. The van der Waals surface area contributed by atoms with E-state index in [1.165, 1.54) is 42.6 Å². The molecule has 0 saturated carbocycles. The second kappa shape index (κ2) is 7.24. The predicted octanol–water partition coefficient (Wildman–Crippen LogP) is 0.678. The molecule has 0 fully saturated rings. The van der Waals surface area contributed by atoms with Crippen LogP contribution >= 0.6 is 0 Å². The van der Waals surface area contributed by atoms with E-state index in [9.17, 15) is 14.0 Å². The van der Waals surface area contributed by atoms with Gasteiger partial charge < -0.3 is 21.3 Å². The average molecular weight is 422 g/mol. The summed E-state index contributed by atoms with van der Waals surface area (Å²) < 4.78 is 14.6. The van der Waals surface area contributed by atoms with Crippen molar-refractivity contribution in [3.05, 3.63) is 53.4 Å². The fourth-order valence-corrected chi connectivity index (χ4v) is 3.51. The molecule has 158 valence electrons. The minimum Gasteiger partial charge on any atom is -0.369 e. The maximum Gasteiger partial charge on any atom is 0.275 e. The van der Waals surface area contributed by atoms with Gasteiger partial charge in [0.2, 0.25) is 5.91 Å². The Balaban J connectivity index is 1.58. The molecule has 10 nitrogen and oxygen atoms in total. The number of carbonyl (C=O) groups is 2. The second-order valence-corrected chi connectivity index (χ2v) is 7.51. The Morgan fingerprint density at radius 2 is 2.23 bits per heavy atom. The summed E-state index contributed by atoms with van der Waals surface area (Å²) in [6, 6.07) is 6.04. The minimum absolute atomic E-state index is 0.00661. The SMILES string of the molecule is CN1C(=O)CC(C)(c2cc(NC(=O)C3=CN4C=C(C#N)NC4C=N3)ccc2F)N=C1N. The number of nitriles is 1. The van der Waals surface area contributed by atoms with Crippen LogP contribution in [0.25, 0.3) is 0 Å². The molecule has 3 aliphatic heterocycles. The number of nitrogens with one attached hydrogen (secondary N) is 2.